The highest BCUT2D eigenvalue weighted by Crippen LogP contribution is 2.26. The topological polar surface area (TPSA) is 32.3 Å². The molecule has 1 N–H and O–H groups in total. The highest BCUT2D eigenvalue weighted by atomic mass is 35.5. The van der Waals surface area contributed by atoms with Crippen LogP contribution in [0.5, 0.6) is 0 Å². The number of nitrogens with zero attached hydrogens (tertiary/aromatic N) is 1. The lowest BCUT2D eigenvalue weighted by Crippen LogP contribution is -2.44. The number of halogens is 2. The standard InChI is InChI=1S/C14H18Cl2N2O/c1-10(18-7-3-2-4-8-18)14(19)17-13-9-11(15)5-6-12(13)16/h5-6,9-10H,2-4,7-8H2,1H3,(H,17,19)/t10-/m0/s1. The van der Waals surface area contributed by atoms with Crippen molar-refractivity contribution in [1.82, 2.24) is 4.90 Å². The van der Waals surface area contributed by atoms with Gasteiger partial charge in [0.2, 0.25) is 5.91 Å². The summed E-state index contributed by atoms with van der Waals surface area (Å²) in [6.07, 6.45) is 3.58. The van der Waals surface area contributed by atoms with Crippen molar-refractivity contribution in [3.05, 3.63) is 28.2 Å². The molecule has 0 unspecified atom stereocenters. The van der Waals surface area contributed by atoms with Gasteiger partial charge in [0.1, 0.15) is 0 Å². The normalized spacial score (nSPS) is 18.1. The molecule has 1 atom stereocenters. The van der Waals surface area contributed by atoms with E-state index in [1.54, 1.807) is 18.2 Å². The molecule has 3 nitrogen and oxygen atoms in total. The molecule has 1 aromatic carbocycles. The lowest BCUT2D eigenvalue weighted by Gasteiger charge is -2.31. The number of benzene rings is 1. The zero-order chi connectivity index (χ0) is 13.8. The van der Waals surface area contributed by atoms with Gasteiger partial charge < -0.3 is 5.32 Å². The maximum absolute atomic E-state index is 12.2. The summed E-state index contributed by atoms with van der Waals surface area (Å²) in [6.45, 7) is 3.90. The Kier molecular flexibility index (Phi) is 5.08. The zero-order valence-corrected chi connectivity index (χ0v) is 12.5. The van der Waals surface area contributed by atoms with Gasteiger partial charge in [-0.25, -0.2) is 0 Å². The van der Waals surface area contributed by atoms with E-state index in [-0.39, 0.29) is 11.9 Å². The molecule has 0 radical (unpaired) electrons. The van der Waals surface area contributed by atoms with E-state index in [4.69, 9.17) is 23.2 Å². The molecule has 0 saturated carbocycles. The third-order valence-electron chi connectivity index (χ3n) is 3.50. The Morgan fingerprint density at radius 3 is 2.63 bits per heavy atom. The predicted octanol–water partition coefficient (Wildman–Crippen LogP) is 3.81. The Bertz CT molecular complexity index is 459. The monoisotopic (exact) mass is 300 g/mol. The van der Waals surface area contributed by atoms with Gasteiger partial charge in [-0.15, -0.1) is 0 Å². The summed E-state index contributed by atoms with van der Waals surface area (Å²) in [6, 6.07) is 4.92. The lowest BCUT2D eigenvalue weighted by molar-refractivity contribution is -0.121. The van der Waals surface area contributed by atoms with Crippen LogP contribution in [-0.4, -0.2) is 29.9 Å². The minimum atomic E-state index is -0.143. The summed E-state index contributed by atoms with van der Waals surface area (Å²) in [7, 11) is 0. The minimum Gasteiger partial charge on any atom is -0.323 e. The van der Waals surface area contributed by atoms with Gasteiger partial charge in [-0.1, -0.05) is 29.6 Å². The van der Waals surface area contributed by atoms with Crippen molar-refractivity contribution in [1.29, 1.82) is 0 Å². The quantitative estimate of drug-likeness (QED) is 0.921. The van der Waals surface area contributed by atoms with Gasteiger partial charge in [0.15, 0.2) is 0 Å². The Labute approximate surface area is 123 Å². The number of nitrogens with one attached hydrogen (secondary N) is 1. The van der Waals surface area contributed by atoms with E-state index in [2.05, 4.69) is 10.2 Å². The maximum Gasteiger partial charge on any atom is 0.241 e. The molecule has 0 spiro atoms. The number of carbonyl (C=O) groups excluding carboxylic acids is 1. The Hall–Kier alpha value is -0.770. The molecule has 1 aliphatic rings. The van der Waals surface area contributed by atoms with Crippen molar-refractivity contribution < 1.29 is 4.79 Å². The fourth-order valence-electron chi connectivity index (χ4n) is 2.30. The van der Waals surface area contributed by atoms with E-state index in [0.717, 1.165) is 25.9 Å². The molecule has 19 heavy (non-hydrogen) atoms. The van der Waals surface area contributed by atoms with Crippen molar-refractivity contribution in [3.63, 3.8) is 0 Å². The van der Waals surface area contributed by atoms with E-state index in [1.807, 2.05) is 6.92 Å². The first-order valence-electron chi connectivity index (χ1n) is 6.58. The van der Waals surface area contributed by atoms with Crippen LogP contribution in [0.4, 0.5) is 5.69 Å². The zero-order valence-electron chi connectivity index (χ0n) is 11.0. The lowest BCUT2D eigenvalue weighted by atomic mass is 10.1. The fraction of sp³-hybridized carbons (Fsp3) is 0.500. The van der Waals surface area contributed by atoms with E-state index in [1.165, 1.54) is 6.42 Å². The first-order chi connectivity index (χ1) is 9.08. The highest BCUT2D eigenvalue weighted by Gasteiger charge is 2.23. The average molecular weight is 301 g/mol. The van der Waals surface area contributed by atoms with Crippen LogP contribution in [0, 0.1) is 0 Å². The molecule has 2 rings (SSSR count). The Morgan fingerprint density at radius 2 is 1.95 bits per heavy atom. The second kappa shape index (κ2) is 6.60. The molecule has 104 valence electrons. The van der Waals surface area contributed by atoms with Crippen molar-refractivity contribution in [2.45, 2.75) is 32.2 Å². The summed E-state index contributed by atoms with van der Waals surface area (Å²) in [5.74, 6) is -0.0360. The molecule has 1 saturated heterocycles. The van der Waals surface area contributed by atoms with Gasteiger partial charge in [0, 0.05) is 5.02 Å². The van der Waals surface area contributed by atoms with Crippen LogP contribution >= 0.6 is 23.2 Å². The number of likely N-dealkylation sites (tertiary alicyclic amines) is 1. The van der Waals surface area contributed by atoms with Gasteiger partial charge in [-0.2, -0.15) is 0 Å². The molecule has 0 aromatic heterocycles. The van der Waals surface area contributed by atoms with Crippen LogP contribution in [0.25, 0.3) is 0 Å². The number of hydrogen-bond donors (Lipinski definition) is 1. The van der Waals surface area contributed by atoms with Gasteiger partial charge >= 0.3 is 0 Å². The molecule has 1 aromatic rings. The smallest absolute Gasteiger partial charge is 0.241 e. The number of rotatable bonds is 3. The summed E-state index contributed by atoms with van der Waals surface area (Å²) < 4.78 is 0. The molecule has 0 bridgehead atoms. The maximum atomic E-state index is 12.2. The van der Waals surface area contributed by atoms with Crippen LogP contribution in [0.15, 0.2) is 18.2 Å². The molecule has 1 heterocycles. The Morgan fingerprint density at radius 1 is 1.26 bits per heavy atom. The van der Waals surface area contributed by atoms with Crippen LogP contribution in [0.3, 0.4) is 0 Å². The van der Waals surface area contributed by atoms with Crippen LogP contribution in [-0.2, 0) is 4.79 Å². The second-order valence-electron chi connectivity index (χ2n) is 4.89. The SMILES string of the molecule is C[C@@H](C(=O)Nc1cc(Cl)ccc1Cl)N1CCCCC1. The van der Waals surface area contributed by atoms with E-state index in [0.29, 0.717) is 15.7 Å². The van der Waals surface area contributed by atoms with Gasteiger partial charge in [0.25, 0.3) is 0 Å². The van der Waals surface area contributed by atoms with Crippen LogP contribution in [0.2, 0.25) is 10.0 Å². The average Bonchev–Trinajstić information content (AvgIpc) is 2.43. The predicted molar refractivity (Wildman–Crippen MR) is 80.0 cm³/mol. The first-order valence-corrected chi connectivity index (χ1v) is 7.33. The van der Waals surface area contributed by atoms with Crippen LogP contribution < -0.4 is 5.32 Å². The first kappa shape index (κ1) is 14.6. The molecular weight excluding hydrogens is 283 g/mol. The third kappa shape index (κ3) is 3.85. The molecule has 1 aliphatic heterocycles. The molecule has 1 amide bonds. The number of carbonyl (C=O) groups is 1. The van der Waals surface area contributed by atoms with E-state index >= 15 is 0 Å². The molecule has 0 aliphatic carbocycles. The minimum absolute atomic E-state index is 0.0360. The molecule has 1 fully saturated rings. The van der Waals surface area contributed by atoms with Gasteiger partial charge in [-0.05, 0) is 51.1 Å². The number of anilines is 1. The largest absolute Gasteiger partial charge is 0.323 e. The van der Waals surface area contributed by atoms with E-state index in [9.17, 15) is 4.79 Å². The van der Waals surface area contributed by atoms with Crippen molar-refractivity contribution in [2.24, 2.45) is 0 Å². The van der Waals surface area contributed by atoms with Gasteiger partial charge in [0.05, 0.1) is 16.8 Å². The van der Waals surface area contributed by atoms with E-state index < -0.39 is 0 Å². The second-order valence-corrected chi connectivity index (χ2v) is 5.73. The summed E-state index contributed by atoms with van der Waals surface area (Å²) in [5, 5.41) is 3.91. The molecular formula is C14H18Cl2N2O. The van der Waals surface area contributed by atoms with Crippen LogP contribution in [0.1, 0.15) is 26.2 Å². The highest BCUT2D eigenvalue weighted by molar-refractivity contribution is 6.35. The Balaban J connectivity index is 2.01. The number of piperidine rings is 1. The fourth-order valence-corrected chi connectivity index (χ4v) is 2.64. The number of hydrogen-bond acceptors (Lipinski definition) is 2. The van der Waals surface area contributed by atoms with Crippen molar-refractivity contribution in [3.8, 4) is 0 Å². The molecule has 5 heteroatoms. The van der Waals surface area contributed by atoms with Crippen molar-refractivity contribution in [2.75, 3.05) is 18.4 Å². The summed E-state index contributed by atoms with van der Waals surface area (Å²) in [4.78, 5) is 14.4. The van der Waals surface area contributed by atoms with Crippen molar-refractivity contribution >= 4 is 34.8 Å². The van der Waals surface area contributed by atoms with Gasteiger partial charge in [-0.3, -0.25) is 9.69 Å². The third-order valence-corrected chi connectivity index (χ3v) is 4.07. The summed E-state index contributed by atoms with van der Waals surface area (Å²) in [5.41, 5.74) is 0.572. The number of amides is 1. The summed E-state index contributed by atoms with van der Waals surface area (Å²) >= 11 is 12.0.